The largest absolute Gasteiger partial charge is 0.444 e. The molecule has 0 radical (unpaired) electrons. The molecule has 0 aliphatic heterocycles. The van der Waals surface area contributed by atoms with Crippen LogP contribution in [0.2, 0.25) is 0 Å². The van der Waals surface area contributed by atoms with Crippen molar-refractivity contribution in [3.8, 4) is 0 Å². The molecule has 0 rings (SSSR count). The van der Waals surface area contributed by atoms with Crippen molar-refractivity contribution in [1.82, 2.24) is 5.43 Å². The maximum Gasteiger partial charge on any atom is 0.428 e. The molecule has 0 spiro atoms. The molecule has 0 aliphatic rings. The third kappa shape index (κ3) is 5.46. The van der Waals surface area contributed by atoms with E-state index in [1.165, 1.54) is 6.08 Å². The highest BCUT2D eigenvalue weighted by molar-refractivity contribution is 5.82. The molecule has 0 atom stereocenters. The number of hydrogen-bond acceptors (Lipinski definition) is 3. The van der Waals surface area contributed by atoms with Crippen LogP contribution in [0, 0.1) is 0 Å². The molecule has 0 aliphatic carbocycles. The first-order valence-corrected chi connectivity index (χ1v) is 3.77. The normalized spacial score (nSPS) is 10.7. The number of nitrogens with zero attached hydrogens (tertiary/aromatic N) is 1. The number of carbonyl (C=O) groups excluding carboxylic acids is 1. The van der Waals surface area contributed by atoms with Crippen LogP contribution >= 0.6 is 0 Å². The van der Waals surface area contributed by atoms with Crippen molar-refractivity contribution in [2.45, 2.75) is 20.3 Å². The Labute approximate surface area is 72.3 Å². The minimum Gasteiger partial charge on any atom is -0.444 e. The topological polar surface area (TPSA) is 50.7 Å². The van der Waals surface area contributed by atoms with Gasteiger partial charge in [-0.05, 0) is 13.3 Å². The van der Waals surface area contributed by atoms with Crippen molar-refractivity contribution in [2.75, 3.05) is 6.61 Å². The van der Waals surface area contributed by atoms with Crippen molar-refractivity contribution in [2.24, 2.45) is 5.10 Å². The lowest BCUT2D eigenvalue weighted by Gasteiger charge is -2.00. The predicted octanol–water partition coefficient (Wildman–Crippen LogP) is 1.68. The number of carbonyl (C=O) groups is 1. The van der Waals surface area contributed by atoms with Gasteiger partial charge < -0.3 is 4.74 Å². The van der Waals surface area contributed by atoms with E-state index in [1.807, 2.05) is 13.8 Å². The SMILES string of the molecule is C=CCOC(=O)N/N=C(\C)CC. The standard InChI is InChI=1S/C8H14N2O2/c1-4-6-12-8(11)10-9-7(3)5-2/h4H,1,5-6H2,2-3H3,(H,10,11)/b9-7+. The molecule has 68 valence electrons. The van der Waals surface area contributed by atoms with Crippen LogP contribution in [-0.2, 0) is 4.74 Å². The van der Waals surface area contributed by atoms with Crippen LogP contribution in [0.1, 0.15) is 20.3 Å². The summed E-state index contributed by atoms with van der Waals surface area (Å²) < 4.78 is 4.61. The van der Waals surface area contributed by atoms with Gasteiger partial charge in [0.2, 0.25) is 0 Å². The monoisotopic (exact) mass is 170 g/mol. The van der Waals surface area contributed by atoms with Gasteiger partial charge in [-0.3, -0.25) is 0 Å². The zero-order valence-electron chi connectivity index (χ0n) is 7.46. The highest BCUT2D eigenvalue weighted by atomic mass is 16.5. The molecule has 12 heavy (non-hydrogen) atoms. The molecule has 0 fully saturated rings. The van der Waals surface area contributed by atoms with E-state index in [1.54, 1.807) is 0 Å². The lowest BCUT2D eigenvalue weighted by Crippen LogP contribution is -2.20. The highest BCUT2D eigenvalue weighted by Crippen LogP contribution is 1.83. The number of amides is 1. The average Bonchev–Trinajstić information content (AvgIpc) is 2.10. The summed E-state index contributed by atoms with van der Waals surface area (Å²) in [7, 11) is 0. The minimum atomic E-state index is -0.553. The highest BCUT2D eigenvalue weighted by Gasteiger charge is 1.96. The Morgan fingerprint density at radius 2 is 2.42 bits per heavy atom. The number of ether oxygens (including phenoxy) is 1. The van der Waals surface area contributed by atoms with E-state index in [9.17, 15) is 4.79 Å². The second kappa shape index (κ2) is 6.39. The summed E-state index contributed by atoms with van der Waals surface area (Å²) in [5.74, 6) is 0. The van der Waals surface area contributed by atoms with E-state index in [0.717, 1.165) is 12.1 Å². The van der Waals surface area contributed by atoms with E-state index >= 15 is 0 Å². The van der Waals surface area contributed by atoms with E-state index in [0.29, 0.717) is 0 Å². The fourth-order valence-electron chi connectivity index (χ4n) is 0.387. The van der Waals surface area contributed by atoms with Crippen LogP contribution in [0.3, 0.4) is 0 Å². The lowest BCUT2D eigenvalue weighted by atomic mass is 10.3. The van der Waals surface area contributed by atoms with Crippen LogP contribution in [0.5, 0.6) is 0 Å². The Morgan fingerprint density at radius 3 is 2.92 bits per heavy atom. The van der Waals surface area contributed by atoms with Crippen molar-refractivity contribution in [3.05, 3.63) is 12.7 Å². The Hall–Kier alpha value is -1.32. The third-order valence-corrected chi connectivity index (χ3v) is 1.18. The van der Waals surface area contributed by atoms with Gasteiger partial charge in [0.25, 0.3) is 0 Å². The molecule has 0 saturated carbocycles. The summed E-state index contributed by atoms with van der Waals surface area (Å²) in [5.41, 5.74) is 3.10. The van der Waals surface area contributed by atoms with Gasteiger partial charge in [-0.15, -0.1) is 0 Å². The zero-order chi connectivity index (χ0) is 9.40. The molecule has 4 heteroatoms. The van der Waals surface area contributed by atoms with Crippen molar-refractivity contribution < 1.29 is 9.53 Å². The fourth-order valence-corrected chi connectivity index (χ4v) is 0.387. The molecule has 0 bridgehead atoms. The number of hydrogen-bond donors (Lipinski definition) is 1. The first-order chi connectivity index (χ1) is 5.70. The van der Waals surface area contributed by atoms with Gasteiger partial charge in [-0.25, -0.2) is 10.2 Å². The second-order valence-corrected chi connectivity index (χ2v) is 2.20. The average molecular weight is 170 g/mol. The maximum atomic E-state index is 10.7. The molecule has 0 saturated heterocycles. The number of nitrogens with one attached hydrogen (secondary N) is 1. The first kappa shape index (κ1) is 10.7. The number of hydrazone groups is 1. The van der Waals surface area contributed by atoms with Gasteiger partial charge in [-0.1, -0.05) is 19.6 Å². The quantitative estimate of drug-likeness (QED) is 0.396. The Balaban J connectivity index is 3.62. The molecule has 1 amide bonds. The molecule has 4 nitrogen and oxygen atoms in total. The van der Waals surface area contributed by atoms with Gasteiger partial charge in [0.1, 0.15) is 6.61 Å². The van der Waals surface area contributed by atoms with Crippen molar-refractivity contribution in [1.29, 1.82) is 0 Å². The molecule has 0 unspecified atom stereocenters. The van der Waals surface area contributed by atoms with Crippen molar-refractivity contribution >= 4 is 11.8 Å². The Morgan fingerprint density at radius 1 is 1.75 bits per heavy atom. The maximum absolute atomic E-state index is 10.7. The van der Waals surface area contributed by atoms with Crippen LogP contribution in [0.15, 0.2) is 17.8 Å². The van der Waals surface area contributed by atoms with Gasteiger partial charge in [0.15, 0.2) is 0 Å². The van der Waals surface area contributed by atoms with Gasteiger partial charge >= 0.3 is 6.09 Å². The number of rotatable bonds is 4. The van der Waals surface area contributed by atoms with Crippen LogP contribution in [0.4, 0.5) is 4.79 Å². The van der Waals surface area contributed by atoms with Gasteiger partial charge in [0, 0.05) is 5.71 Å². The molecule has 1 N–H and O–H groups in total. The van der Waals surface area contributed by atoms with Crippen LogP contribution in [-0.4, -0.2) is 18.4 Å². The van der Waals surface area contributed by atoms with Crippen LogP contribution in [0.25, 0.3) is 0 Å². The zero-order valence-corrected chi connectivity index (χ0v) is 7.46. The summed E-state index contributed by atoms with van der Waals surface area (Å²) in [6.07, 6.45) is 1.75. The second-order valence-electron chi connectivity index (χ2n) is 2.20. The smallest absolute Gasteiger partial charge is 0.428 e. The van der Waals surface area contributed by atoms with E-state index in [2.05, 4.69) is 21.8 Å². The van der Waals surface area contributed by atoms with Crippen molar-refractivity contribution in [3.63, 3.8) is 0 Å². The van der Waals surface area contributed by atoms with E-state index < -0.39 is 6.09 Å². The van der Waals surface area contributed by atoms with Gasteiger partial charge in [-0.2, -0.15) is 5.10 Å². The lowest BCUT2D eigenvalue weighted by molar-refractivity contribution is 0.159. The van der Waals surface area contributed by atoms with E-state index in [-0.39, 0.29) is 6.61 Å². The third-order valence-electron chi connectivity index (χ3n) is 1.18. The van der Waals surface area contributed by atoms with Crippen LogP contribution < -0.4 is 5.43 Å². The molecule has 0 aromatic rings. The summed E-state index contributed by atoms with van der Waals surface area (Å²) in [6, 6.07) is 0. The summed E-state index contributed by atoms with van der Waals surface area (Å²) in [6.45, 7) is 7.39. The molecule has 0 aromatic heterocycles. The summed E-state index contributed by atoms with van der Waals surface area (Å²) >= 11 is 0. The molecular formula is C8H14N2O2. The Bertz CT molecular complexity index is 187. The minimum absolute atomic E-state index is 0.201. The molecule has 0 heterocycles. The summed E-state index contributed by atoms with van der Waals surface area (Å²) in [5, 5.41) is 3.75. The Kier molecular flexibility index (Phi) is 5.69. The predicted molar refractivity (Wildman–Crippen MR) is 48.1 cm³/mol. The van der Waals surface area contributed by atoms with Gasteiger partial charge in [0.05, 0.1) is 0 Å². The fraction of sp³-hybridized carbons (Fsp3) is 0.500. The molecular weight excluding hydrogens is 156 g/mol. The molecule has 0 aromatic carbocycles. The summed E-state index contributed by atoms with van der Waals surface area (Å²) in [4.78, 5) is 10.7. The van der Waals surface area contributed by atoms with E-state index in [4.69, 9.17) is 0 Å². The first-order valence-electron chi connectivity index (χ1n) is 3.77.